The number of non-ortho nitro benzene ring substituents is 1. The van der Waals surface area contributed by atoms with Gasteiger partial charge in [0, 0.05) is 30.4 Å². The second-order valence-corrected chi connectivity index (χ2v) is 7.84. The minimum absolute atomic E-state index is 0.0152. The molecular weight excluding hydrogens is 434 g/mol. The fourth-order valence-corrected chi connectivity index (χ4v) is 3.66. The van der Waals surface area contributed by atoms with Gasteiger partial charge in [0.1, 0.15) is 5.75 Å². The molecule has 1 atom stereocenters. The molecule has 1 N–H and O–H groups in total. The highest BCUT2D eigenvalue weighted by Gasteiger charge is 2.31. The zero-order valence-corrected chi connectivity index (χ0v) is 18.5. The molecule has 0 bridgehead atoms. The molecule has 8 nitrogen and oxygen atoms in total. The summed E-state index contributed by atoms with van der Waals surface area (Å²) in [6.07, 6.45) is 3.01. The first-order chi connectivity index (χ1) is 16.4. The van der Waals surface area contributed by atoms with Gasteiger partial charge in [0.05, 0.1) is 10.6 Å². The molecule has 8 heteroatoms. The Morgan fingerprint density at radius 3 is 2.56 bits per heavy atom. The molecule has 1 aliphatic rings. The van der Waals surface area contributed by atoms with Gasteiger partial charge in [0.15, 0.2) is 6.10 Å². The summed E-state index contributed by atoms with van der Waals surface area (Å²) in [5.74, 6) is 0.0788. The van der Waals surface area contributed by atoms with Crippen LogP contribution in [0.2, 0.25) is 0 Å². The molecule has 0 aliphatic carbocycles. The third-order valence-corrected chi connectivity index (χ3v) is 5.43. The Bertz CT molecular complexity index is 1240. The van der Waals surface area contributed by atoms with Gasteiger partial charge in [0.25, 0.3) is 11.6 Å². The Morgan fingerprint density at radius 2 is 1.85 bits per heavy atom. The van der Waals surface area contributed by atoms with Crippen molar-refractivity contribution >= 4 is 35.0 Å². The van der Waals surface area contributed by atoms with Gasteiger partial charge in [-0.05, 0) is 60.9 Å². The Labute approximate surface area is 196 Å². The van der Waals surface area contributed by atoms with E-state index in [0.29, 0.717) is 35.7 Å². The number of nitrogens with one attached hydrogen (secondary N) is 1. The molecule has 4 rings (SSSR count). The van der Waals surface area contributed by atoms with Gasteiger partial charge >= 0.3 is 0 Å². The first kappa shape index (κ1) is 22.7. The van der Waals surface area contributed by atoms with Crippen molar-refractivity contribution in [2.24, 2.45) is 0 Å². The normalized spacial score (nSPS) is 15.0. The van der Waals surface area contributed by atoms with Crippen molar-refractivity contribution in [3.63, 3.8) is 0 Å². The average molecular weight is 457 g/mol. The Morgan fingerprint density at radius 1 is 1.12 bits per heavy atom. The number of carbonyl (C=O) groups excluding carboxylic acids is 2. The van der Waals surface area contributed by atoms with E-state index in [9.17, 15) is 19.7 Å². The van der Waals surface area contributed by atoms with Gasteiger partial charge in [-0.3, -0.25) is 19.7 Å². The van der Waals surface area contributed by atoms with E-state index in [0.717, 1.165) is 5.56 Å². The quantitative estimate of drug-likeness (QED) is 0.317. The number of hydrogen-bond donors (Lipinski definition) is 1. The highest BCUT2D eigenvalue weighted by atomic mass is 16.6. The van der Waals surface area contributed by atoms with E-state index >= 15 is 0 Å². The van der Waals surface area contributed by atoms with E-state index in [1.165, 1.54) is 18.2 Å². The number of anilines is 2. The van der Waals surface area contributed by atoms with E-state index in [4.69, 9.17) is 4.74 Å². The van der Waals surface area contributed by atoms with Crippen LogP contribution in [0.5, 0.6) is 5.75 Å². The third-order valence-electron chi connectivity index (χ3n) is 5.43. The summed E-state index contributed by atoms with van der Waals surface area (Å²) in [4.78, 5) is 37.2. The average Bonchev–Trinajstić information content (AvgIpc) is 2.84. The molecule has 2 amide bonds. The molecule has 3 aromatic rings. The minimum atomic E-state index is -0.589. The van der Waals surface area contributed by atoms with Crippen molar-refractivity contribution in [3.8, 4) is 5.75 Å². The van der Waals surface area contributed by atoms with Crippen LogP contribution in [0.15, 0.2) is 78.9 Å². The molecule has 0 fully saturated rings. The summed E-state index contributed by atoms with van der Waals surface area (Å²) in [6, 6.07) is 21.0. The van der Waals surface area contributed by atoms with Crippen LogP contribution in [0.4, 0.5) is 17.1 Å². The predicted octanol–water partition coefficient (Wildman–Crippen LogP) is 4.60. The molecule has 172 valence electrons. The number of nitrogens with zero attached hydrogens (tertiary/aromatic N) is 2. The molecule has 1 heterocycles. The molecule has 0 aromatic heterocycles. The smallest absolute Gasteiger partial charge is 0.269 e. The van der Waals surface area contributed by atoms with Crippen LogP contribution < -0.4 is 15.0 Å². The molecule has 0 saturated carbocycles. The van der Waals surface area contributed by atoms with Crippen LogP contribution >= 0.6 is 0 Å². The van der Waals surface area contributed by atoms with E-state index in [1.807, 2.05) is 30.3 Å². The number of fused-ring (bicyclic) bond motifs is 1. The lowest BCUT2D eigenvalue weighted by molar-refractivity contribution is -0.384. The SMILES string of the molecule is CC1Oc2ccc(NC(=O)/C=C/c3ccc([N+](=O)[O-])cc3)cc2N(CCc2ccccc2)C1=O. The monoisotopic (exact) mass is 457 g/mol. The Balaban J connectivity index is 1.47. The molecule has 1 aliphatic heterocycles. The van der Waals surface area contributed by atoms with Crippen LogP contribution in [0.3, 0.4) is 0 Å². The zero-order valence-electron chi connectivity index (χ0n) is 18.5. The van der Waals surface area contributed by atoms with E-state index in [2.05, 4.69) is 5.32 Å². The van der Waals surface area contributed by atoms with E-state index in [-0.39, 0.29) is 17.5 Å². The predicted molar refractivity (Wildman–Crippen MR) is 130 cm³/mol. The summed E-state index contributed by atoms with van der Waals surface area (Å²) in [5.41, 5.74) is 2.89. The summed E-state index contributed by atoms with van der Waals surface area (Å²) >= 11 is 0. The summed E-state index contributed by atoms with van der Waals surface area (Å²) in [5, 5.41) is 13.5. The number of carbonyl (C=O) groups is 2. The number of nitro groups is 1. The van der Waals surface area contributed by atoms with Gasteiger partial charge in [-0.15, -0.1) is 0 Å². The highest BCUT2D eigenvalue weighted by molar-refractivity contribution is 6.04. The maximum atomic E-state index is 12.8. The Kier molecular flexibility index (Phi) is 6.68. The number of amides is 2. The maximum absolute atomic E-state index is 12.8. The lowest BCUT2D eigenvalue weighted by Gasteiger charge is -2.33. The van der Waals surface area contributed by atoms with Gasteiger partial charge in [-0.1, -0.05) is 30.3 Å². The van der Waals surface area contributed by atoms with Crippen molar-refractivity contribution in [2.45, 2.75) is 19.4 Å². The second kappa shape index (κ2) is 9.99. The maximum Gasteiger partial charge on any atom is 0.269 e. The van der Waals surface area contributed by atoms with Crippen molar-refractivity contribution in [2.75, 3.05) is 16.8 Å². The first-order valence-electron chi connectivity index (χ1n) is 10.8. The van der Waals surface area contributed by atoms with Crippen molar-refractivity contribution < 1.29 is 19.2 Å². The van der Waals surface area contributed by atoms with Crippen LogP contribution in [0.25, 0.3) is 6.08 Å². The number of benzene rings is 3. The van der Waals surface area contributed by atoms with Gasteiger partial charge in [0.2, 0.25) is 5.91 Å². The van der Waals surface area contributed by atoms with Crippen molar-refractivity contribution in [1.29, 1.82) is 0 Å². The molecule has 3 aromatic carbocycles. The number of hydrogen-bond acceptors (Lipinski definition) is 5. The van der Waals surface area contributed by atoms with Crippen LogP contribution in [0, 0.1) is 10.1 Å². The fraction of sp³-hybridized carbons (Fsp3) is 0.154. The first-order valence-corrected chi connectivity index (χ1v) is 10.8. The summed E-state index contributed by atoms with van der Waals surface area (Å²) < 4.78 is 5.75. The van der Waals surface area contributed by atoms with Crippen LogP contribution in [-0.2, 0) is 16.0 Å². The van der Waals surface area contributed by atoms with E-state index < -0.39 is 11.0 Å². The Hall–Kier alpha value is -4.46. The molecule has 0 spiro atoms. The summed E-state index contributed by atoms with van der Waals surface area (Å²) in [7, 11) is 0. The standard InChI is InChI=1S/C26H23N3O5/c1-18-26(31)28(16-15-19-5-3-2-4-6-19)23-17-21(10-13-24(23)34-18)27-25(30)14-9-20-7-11-22(12-8-20)29(32)33/h2-14,17-18H,15-16H2,1H3,(H,27,30)/b14-9+. The lowest BCUT2D eigenvalue weighted by Crippen LogP contribution is -2.45. The minimum Gasteiger partial charge on any atom is -0.479 e. The molecule has 0 radical (unpaired) electrons. The van der Waals surface area contributed by atoms with Crippen molar-refractivity contribution in [1.82, 2.24) is 0 Å². The van der Waals surface area contributed by atoms with Gasteiger partial charge in [-0.2, -0.15) is 0 Å². The van der Waals surface area contributed by atoms with E-state index in [1.54, 1.807) is 48.2 Å². The van der Waals surface area contributed by atoms with Gasteiger partial charge < -0.3 is 15.0 Å². The van der Waals surface area contributed by atoms with Crippen LogP contribution in [-0.4, -0.2) is 29.4 Å². The van der Waals surface area contributed by atoms with Gasteiger partial charge in [-0.25, -0.2) is 0 Å². The number of ether oxygens (including phenoxy) is 1. The highest BCUT2D eigenvalue weighted by Crippen LogP contribution is 2.36. The molecular formula is C26H23N3O5. The van der Waals surface area contributed by atoms with Crippen LogP contribution in [0.1, 0.15) is 18.1 Å². The largest absolute Gasteiger partial charge is 0.479 e. The number of nitro benzene ring substituents is 1. The zero-order chi connectivity index (χ0) is 24.1. The number of rotatable bonds is 7. The topological polar surface area (TPSA) is 102 Å². The van der Waals surface area contributed by atoms with Crippen molar-refractivity contribution in [3.05, 3.63) is 100 Å². The third kappa shape index (κ3) is 5.29. The molecule has 0 saturated heterocycles. The second-order valence-electron chi connectivity index (χ2n) is 7.84. The lowest BCUT2D eigenvalue weighted by atomic mass is 10.1. The molecule has 34 heavy (non-hydrogen) atoms. The summed E-state index contributed by atoms with van der Waals surface area (Å²) in [6.45, 7) is 2.21. The fourth-order valence-electron chi connectivity index (χ4n) is 3.66. The molecule has 1 unspecified atom stereocenters.